The van der Waals surface area contributed by atoms with E-state index >= 15 is 0 Å². The van der Waals surface area contributed by atoms with Crippen molar-refractivity contribution in [3.05, 3.63) is 164 Å². The largest absolute Gasteiger partial charge is 0.453 e. The lowest BCUT2D eigenvalue weighted by atomic mass is 10.0. The van der Waals surface area contributed by atoms with Crippen LogP contribution < -0.4 is 9.64 Å². The van der Waals surface area contributed by atoms with E-state index in [2.05, 4.69) is 157 Å². The average Bonchev–Trinajstić information content (AvgIpc) is 3.65. The van der Waals surface area contributed by atoms with Crippen LogP contribution in [0.2, 0.25) is 0 Å². The first kappa shape index (κ1) is 27.3. The zero-order valence-electron chi connectivity index (χ0n) is 25.2. The first-order valence-corrected chi connectivity index (χ1v) is 16.3. The van der Waals surface area contributed by atoms with Crippen molar-refractivity contribution in [2.75, 3.05) is 4.90 Å². The molecule has 7 aromatic carbocycles. The van der Waals surface area contributed by atoms with Gasteiger partial charge < -0.3 is 9.64 Å². The highest BCUT2D eigenvalue weighted by Crippen LogP contribution is 2.52. The van der Waals surface area contributed by atoms with Gasteiger partial charge in [-0.2, -0.15) is 4.37 Å². The minimum atomic E-state index is 0.729. The molecule has 1 aromatic heterocycles. The smallest absolute Gasteiger partial charge is 0.173 e. The van der Waals surface area contributed by atoms with E-state index in [9.17, 15) is 0 Å². The maximum Gasteiger partial charge on any atom is 0.173 e. The van der Waals surface area contributed by atoms with Gasteiger partial charge in [0.2, 0.25) is 0 Å². The average molecular weight is 622 g/mol. The molecule has 0 fully saturated rings. The van der Waals surface area contributed by atoms with Crippen molar-refractivity contribution >= 4 is 39.4 Å². The van der Waals surface area contributed by atoms with E-state index in [1.807, 2.05) is 12.1 Å². The standard InChI is InChI=1S/C42H27N3OS/c1-3-9-28(10-4-1)33-19-23-37-39(26-33)46-40-27-34(29-11-5-2-6-12-29)20-24-38(40)45(37)36-21-17-31(18-22-36)41-43-42(47-44-41)35-16-15-30-13-7-8-14-32(30)25-35/h1-27H. The summed E-state index contributed by atoms with van der Waals surface area (Å²) in [6, 6.07) is 57.0. The second-order valence-corrected chi connectivity index (χ2v) is 12.3. The second-order valence-electron chi connectivity index (χ2n) is 11.6. The number of fused-ring (bicyclic) bond motifs is 3. The monoisotopic (exact) mass is 621 g/mol. The molecule has 0 saturated carbocycles. The highest BCUT2D eigenvalue weighted by atomic mass is 32.1. The molecule has 1 aliphatic heterocycles. The van der Waals surface area contributed by atoms with Crippen LogP contribution in [0.15, 0.2) is 164 Å². The van der Waals surface area contributed by atoms with Crippen molar-refractivity contribution < 1.29 is 4.74 Å². The molecule has 0 atom stereocenters. The molecule has 5 heteroatoms. The van der Waals surface area contributed by atoms with Gasteiger partial charge in [-0.1, -0.05) is 109 Å². The topological polar surface area (TPSA) is 38.2 Å². The SMILES string of the molecule is c1ccc(-c2ccc3c(c2)Oc2cc(-c4ccccc4)ccc2N3c2ccc(-c3nsc(-c4ccc5ccccc5c4)n3)cc2)cc1. The maximum absolute atomic E-state index is 6.66. The Bertz CT molecular complexity index is 2300. The molecule has 0 bridgehead atoms. The van der Waals surface area contributed by atoms with Crippen LogP contribution >= 0.6 is 11.5 Å². The van der Waals surface area contributed by atoms with E-state index < -0.39 is 0 Å². The van der Waals surface area contributed by atoms with Gasteiger partial charge in [-0.3, -0.25) is 0 Å². The van der Waals surface area contributed by atoms with Crippen molar-refractivity contribution in [3.8, 4) is 55.7 Å². The van der Waals surface area contributed by atoms with Gasteiger partial charge in [0.25, 0.3) is 0 Å². The molecule has 0 amide bonds. The Labute approximate surface area is 277 Å². The number of ether oxygens (including phenoxy) is 1. The van der Waals surface area contributed by atoms with Gasteiger partial charge in [-0.25, -0.2) is 4.98 Å². The van der Waals surface area contributed by atoms with Gasteiger partial charge in [0.15, 0.2) is 17.3 Å². The number of hydrogen-bond donors (Lipinski definition) is 0. The molecule has 2 heterocycles. The molecule has 0 N–H and O–H groups in total. The van der Waals surface area contributed by atoms with Gasteiger partial charge in [0, 0.05) is 16.8 Å². The molecule has 0 spiro atoms. The molecule has 47 heavy (non-hydrogen) atoms. The van der Waals surface area contributed by atoms with Crippen molar-refractivity contribution in [1.82, 2.24) is 9.36 Å². The normalized spacial score (nSPS) is 12.0. The van der Waals surface area contributed by atoms with Gasteiger partial charge in [0.1, 0.15) is 5.01 Å². The predicted octanol–water partition coefficient (Wildman–Crippen LogP) is 11.9. The summed E-state index contributed by atoms with van der Waals surface area (Å²) in [7, 11) is 0. The van der Waals surface area contributed by atoms with Crippen LogP contribution in [0.5, 0.6) is 11.5 Å². The number of rotatable bonds is 5. The summed E-state index contributed by atoms with van der Waals surface area (Å²) in [6.45, 7) is 0. The number of benzene rings is 7. The van der Waals surface area contributed by atoms with Gasteiger partial charge in [-0.05, 0) is 99.2 Å². The molecule has 9 rings (SSSR count). The van der Waals surface area contributed by atoms with Gasteiger partial charge in [0.05, 0.1) is 11.4 Å². The number of aromatic nitrogens is 2. The van der Waals surface area contributed by atoms with Crippen molar-refractivity contribution in [3.63, 3.8) is 0 Å². The molecule has 0 aliphatic carbocycles. The summed E-state index contributed by atoms with van der Waals surface area (Å²) in [4.78, 5) is 7.20. The molecule has 0 radical (unpaired) electrons. The van der Waals surface area contributed by atoms with Crippen LogP contribution in [0.3, 0.4) is 0 Å². The molecule has 4 nitrogen and oxygen atoms in total. The fourth-order valence-electron chi connectivity index (χ4n) is 6.25. The Morgan fingerprint density at radius 1 is 0.447 bits per heavy atom. The van der Waals surface area contributed by atoms with E-state index in [4.69, 9.17) is 14.1 Å². The van der Waals surface area contributed by atoms with Crippen molar-refractivity contribution in [2.45, 2.75) is 0 Å². The summed E-state index contributed by atoms with van der Waals surface area (Å²) in [6.07, 6.45) is 0. The lowest BCUT2D eigenvalue weighted by Gasteiger charge is -2.33. The minimum Gasteiger partial charge on any atom is -0.453 e. The van der Waals surface area contributed by atoms with Crippen LogP contribution in [0.4, 0.5) is 17.1 Å². The fourth-order valence-corrected chi connectivity index (χ4v) is 6.93. The summed E-state index contributed by atoms with van der Waals surface area (Å²) >= 11 is 1.43. The fraction of sp³-hybridized carbons (Fsp3) is 0. The Morgan fingerprint density at radius 2 is 1.00 bits per heavy atom. The number of anilines is 3. The summed E-state index contributed by atoms with van der Waals surface area (Å²) in [5.41, 5.74) is 9.59. The predicted molar refractivity (Wildman–Crippen MR) is 194 cm³/mol. The third kappa shape index (κ3) is 5.03. The number of hydrogen-bond acceptors (Lipinski definition) is 5. The Balaban J connectivity index is 1.09. The van der Waals surface area contributed by atoms with Crippen LogP contribution in [0, 0.1) is 0 Å². The summed E-state index contributed by atoms with van der Waals surface area (Å²) in [5, 5.41) is 3.33. The first-order chi connectivity index (χ1) is 23.3. The molecule has 0 saturated heterocycles. The van der Waals surface area contributed by atoms with Crippen LogP contribution in [-0.4, -0.2) is 9.36 Å². The zero-order chi connectivity index (χ0) is 31.2. The highest BCUT2D eigenvalue weighted by molar-refractivity contribution is 7.09. The number of nitrogens with zero attached hydrogens (tertiary/aromatic N) is 3. The summed E-state index contributed by atoms with van der Waals surface area (Å²) in [5.74, 6) is 2.36. The van der Waals surface area contributed by atoms with E-state index in [0.29, 0.717) is 0 Å². The first-order valence-electron chi connectivity index (χ1n) is 15.6. The van der Waals surface area contributed by atoms with E-state index in [-0.39, 0.29) is 0 Å². The van der Waals surface area contributed by atoms with Crippen LogP contribution in [0.25, 0.3) is 55.0 Å². The molecule has 0 unspecified atom stereocenters. The molecule has 1 aliphatic rings. The molecule has 222 valence electrons. The minimum absolute atomic E-state index is 0.729. The van der Waals surface area contributed by atoms with Crippen LogP contribution in [0.1, 0.15) is 0 Å². The third-order valence-electron chi connectivity index (χ3n) is 8.64. The Kier molecular flexibility index (Phi) is 6.61. The van der Waals surface area contributed by atoms with Crippen molar-refractivity contribution in [1.29, 1.82) is 0 Å². The molecular formula is C42H27N3OS. The van der Waals surface area contributed by atoms with Crippen LogP contribution in [-0.2, 0) is 0 Å². The maximum atomic E-state index is 6.66. The van der Waals surface area contributed by atoms with Gasteiger partial charge >= 0.3 is 0 Å². The third-order valence-corrected chi connectivity index (χ3v) is 9.41. The molecular weight excluding hydrogens is 595 g/mol. The van der Waals surface area contributed by atoms with Crippen molar-refractivity contribution in [2.24, 2.45) is 0 Å². The Hall–Kier alpha value is -6.04. The van der Waals surface area contributed by atoms with E-state index in [0.717, 1.165) is 72.8 Å². The highest BCUT2D eigenvalue weighted by Gasteiger charge is 2.27. The Morgan fingerprint density at radius 3 is 1.64 bits per heavy atom. The molecule has 8 aromatic rings. The summed E-state index contributed by atoms with van der Waals surface area (Å²) < 4.78 is 11.4. The zero-order valence-corrected chi connectivity index (χ0v) is 26.1. The second kappa shape index (κ2) is 11.4. The van der Waals surface area contributed by atoms with E-state index in [1.54, 1.807) is 0 Å². The van der Waals surface area contributed by atoms with Gasteiger partial charge in [-0.15, -0.1) is 0 Å². The lowest BCUT2D eigenvalue weighted by Crippen LogP contribution is -2.16. The van der Waals surface area contributed by atoms with E-state index in [1.165, 1.54) is 22.3 Å². The lowest BCUT2D eigenvalue weighted by molar-refractivity contribution is 0.477. The quantitative estimate of drug-likeness (QED) is 0.192.